The molecule has 3 rings (SSSR count). The second-order valence-corrected chi connectivity index (χ2v) is 5.96. The van der Waals surface area contributed by atoms with Crippen molar-refractivity contribution in [1.82, 2.24) is 19.3 Å². The van der Waals surface area contributed by atoms with E-state index in [1.807, 2.05) is 25.5 Å². The van der Waals surface area contributed by atoms with Gasteiger partial charge in [0.1, 0.15) is 17.2 Å². The average Bonchev–Trinajstić information content (AvgIpc) is 2.93. The number of hydrogen-bond acceptors (Lipinski definition) is 2. The maximum atomic E-state index is 13.4. The van der Waals surface area contributed by atoms with Gasteiger partial charge in [-0.2, -0.15) is 5.10 Å². The Labute approximate surface area is 131 Å². The normalized spacial score (nSPS) is 13.0. The fourth-order valence-electron chi connectivity index (χ4n) is 2.43. The van der Waals surface area contributed by atoms with Crippen molar-refractivity contribution in [1.29, 1.82) is 0 Å². The molecular weight excluding hydrogens is 314 g/mol. The summed E-state index contributed by atoms with van der Waals surface area (Å²) in [5.74, 6) is 0.212. The predicted molar refractivity (Wildman–Crippen MR) is 81.8 cm³/mol. The minimum absolute atomic E-state index is 0.0569. The molecule has 0 saturated heterocycles. The molecule has 0 aliphatic rings. The third-order valence-corrected chi connectivity index (χ3v) is 3.83. The van der Waals surface area contributed by atoms with E-state index in [9.17, 15) is 4.39 Å². The van der Waals surface area contributed by atoms with E-state index in [0.29, 0.717) is 11.5 Å². The summed E-state index contributed by atoms with van der Waals surface area (Å²) in [6.45, 7) is 3.73. The zero-order valence-corrected chi connectivity index (χ0v) is 13.2. The van der Waals surface area contributed by atoms with Gasteiger partial charge in [-0.1, -0.05) is 11.6 Å². The molecule has 21 heavy (non-hydrogen) atoms. The zero-order chi connectivity index (χ0) is 15.3. The van der Waals surface area contributed by atoms with E-state index in [-0.39, 0.29) is 10.4 Å². The van der Waals surface area contributed by atoms with Gasteiger partial charge < -0.3 is 0 Å². The monoisotopic (exact) mass is 326 g/mol. The predicted octanol–water partition coefficient (Wildman–Crippen LogP) is 4.16. The standard InChI is InChI=1S/C14H13Cl2FN4/c1-7(15)13-18-12-8(2)19-20(3)14(12)21(13)9-4-5-11(17)10(16)6-9/h4-7H,1-3H3. The smallest absolute Gasteiger partial charge is 0.163 e. The number of hydrogen-bond donors (Lipinski definition) is 0. The molecule has 0 fully saturated rings. The van der Waals surface area contributed by atoms with Crippen LogP contribution in [-0.2, 0) is 7.05 Å². The highest BCUT2D eigenvalue weighted by Crippen LogP contribution is 2.30. The van der Waals surface area contributed by atoms with Crippen LogP contribution >= 0.6 is 23.2 Å². The van der Waals surface area contributed by atoms with E-state index in [1.54, 1.807) is 16.8 Å². The number of rotatable bonds is 2. The summed E-state index contributed by atoms with van der Waals surface area (Å²) >= 11 is 12.1. The van der Waals surface area contributed by atoms with Gasteiger partial charge >= 0.3 is 0 Å². The molecule has 110 valence electrons. The zero-order valence-electron chi connectivity index (χ0n) is 11.7. The molecule has 0 amide bonds. The molecule has 0 aliphatic heterocycles. The van der Waals surface area contributed by atoms with Crippen LogP contribution in [-0.4, -0.2) is 19.3 Å². The lowest BCUT2D eigenvalue weighted by Gasteiger charge is -2.11. The van der Waals surface area contributed by atoms with E-state index in [4.69, 9.17) is 23.2 Å². The number of nitrogens with zero attached hydrogens (tertiary/aromatic N) is 4. The molecule has 1 aromatic carbocycles. The molecule has 1 atom stereocenters. The summed E-state index contributed by atoms with van der Waals surface area (Å²) < 4.78 is 17.0. The Balaban J connectivity index is 2.38. The topological polar surface area (TPSA) is 35.6 Å². The molecule has 2 heterocycles. The largest absolute Gasteiger partial charge is 0.280 e. The SMILES string of the molecule is Cc1nn(C)c2c1nc(C(C)Cl)n2-c1ccc(F)c(Cl)c1. The summed E-state index contributed by atoms with van der Waals surface area (Å²) in [6.07, 6.45) is 0. The average molecular weight is 327 g/mol. The van der Waals surface area contributed by atoms with Gasteiger partial charge in [0.25, 0.3) is 0 Å². The van der Waals surface area contributed by atoms with Gasteiger partial charge in [0, 0.05) is 7.05 Å². The van der Waals surface area contributed by atoms with Crippen LogP contribution < -0.4 is 0 Å². The van der Waals surface area contributed by atoms with Gasteiger partial charge in [-0.3, -0.25) is 4.57 Å². The first-order valence-corrected chi connectivity index (χ1v) is 7.23. The van der Waals surface area contributed by atoms with E-state index < -0.39 is 5.82 Å². The second-order valence-electron chi connectivity index (χ2n) is 4.90. The van der Waals surface area contributed by atoms with Crippen molar-refractivity contribution in [3.63, 3.8) is 0 Å². The number of aryl methyl sites for hydroxylation is 2. The van der Waals surface area contributed by atoms with Crippen molar-refractivity contribution in [3.05, 3.63) is 40.6 Å². The van der Waals surface area contributed by atoms with Crippen molar-refractivity contribution in [2.24, 2.45) is 7.05 Å². The fourth-order valence-corrected chi connectivity index (χ4v) is 2.76. The van der Waals surface area contributed by atoms with Crippen molar-refractivity contribution < 1.29 is 4.39 Å². The summed E-state index contributed by atoms with van der Waals surface area (Å²) in [5.41, 5.74) is 3.10. The lowest BCUT2D eigenvalue weighted by atomic mass is 10.3. The number of halogens is 3. The second kappa shape index (κ2) is 5.00. The minimum Gasteiger partial charge on any atom is -0.280 e. The molecule has 3 aromatic rings. The minimum atomic E-state index is -0.460. The van der Waals surface area contributed by atoms with Crippen molar-refractivity contribution >= 4 is 34.4 Å². The Morgan fingerprint density at radius 3 is 2.67 bits per heavy atom. The Bertz CT molecular complexity index is 835. The molecule has 0 bridgehead atoms. The van der Waals surface area contributed by atoms with Crippen molar-refractivity contribution in [2.75, 3.05) is 0 Å². The molecule has 0 aliphatic carbocycles. The molecular formula is C14H13Cl2FN4. The van der Waals surface area contributed by atoms with Crippen molar-refractivity contribution in [2.45, 2.75) is 19.2 Å². The maximum absolute atomic E-state index is 13.4. The first kappa shape index (κ1) is 14.4. The van der Waals surface area contributed by atoms with E-state index in [1.165, 1.54) is 6.07 Å². The lowest BCUT2D eigenvalue weighted by molar-refractivity contribution is 0.627. The van der Waals surface area contributed by atoms with E-state index in [0.717, 1.165) is 16.9 Å². The Kier molecular flexibility index (Phi) is 3.42. The number of fused-ring (bicyclic) bond motifs is 1. The summed E-state index contributed by atoms with van der Waals surface area (Å²) in [4.78, 5) is 4.57. The highest BCUT2D eigenvalue weighted by molar-refractivity contribution is 6.30. The Morgan fingerprint density at radius 2 is 2.05 bits per heavy atom. The summed E-state index contributed by atoms with van der Waals surface area (Å²) in [5, 5.41) is 4.11. The molecule has 4 nitrogen and oxygen atoms in total. The van der Waals surface area contributed by atoms with Gasteiger partial charge in [0.05, 0.1) is 21.8 Å². The van der Waals surface area contributed by atoms with Crippen LogP contribution in [0.2, 0.25) is 5.02 Å². The molecule has 0 radical (unpaired) electrons. The Morgan fingerprint density at radius 1 is 1.33 bits per heavy atom. The van der Waals surface area contributed by atoms with Gasteiger partial charge in [-0.25, -0.2) is 14.1 Å². The Hall–Kier alpha value is -1.59. The van der Waals surface area contributed by atoms with Gasteiger partial charge in [0.2, 0.25) is 0 Å². The van der Waals surface area contributed by atoms with Crippen molar-refractivity contribution in [3.8, 4) is 5.69 Å². The number of alkyl halides is 1. The molecule has 0 N–H and O–H groups in total. The first-order chi connectivity index (χ1) is 9.90. The lowest BCUT2D eigenvalue weighted by Crippen LogP contribution is -2.06. The van der Waals surface area contributed by atoms with E-state index >= 15 is 0 Å². The van der Waals surface area contributed by atoms with Gasteiger partial charge in [-0.15, -0.1) is 11.6 Å². The van der Waals surface area contributed by atoms with Crippen LogP contribution in [0, 0.1) is 12.7 Å². The van der Waals surface area contributed by atoms with Crippen LogP contribution in [0.5, 0.6) is 0 Å². The summed E-state index contributed by atoms with van der Waals surface area (Å²) in [6, 6.07) is 4.53. The number of aromatic nitrogens is 4. The molecule has 2 aromatic heterocycles. The number of benzene rings is 1. The third kappa shape index (κ3) is 2.21. The van der Waals surface area contributed by atoms with Gasteiger partial charge in [0.15, 0.2) is 5.65 Å². The first-order valence-electron chi connectivity index (χ1n) is 6.41. The quantitative estimate of drug-likeness (QED) is 0.663. The van der Waals surface area contributed by atoms with Crippen LogP contribution in [0.3, 0.4) is 0 Å². The molecule has 1 unspecified atom stereocenters. The molecule has 0 spiro atoms. The van der Waals surface area contributed by atoms with Crippen LogP contribution in [0.4, 0.5) is 4.39 Å². The molecule has 7 heteroatoms. The maximum Gasteiger partial charge on any atom is 0.163 e. The van der Waals surface area contributed by atoms with E-state index in [2.05, 4.69) is 10.1 Å². The van der Waals surface area contributed by atoms with Crippen LogP contribution in [0.15, 0.2) is 18.2 Å². The van der Waals surface area contributed by atoms with Crippen LogP contribution in [0.1, 0.15) is 23.8 Å². The highest BCUT2D eigenvalue weighted by Gasteiger charge is 2.21. The van der Waals surface area contributed by atoms with Crippen LogP contribution in [0.25, 0.3) is 16.9 Å². The summed E-state index contributed by atoms with van der Waals surface area (Å²) in [7, 11) is 1.83. The third-order valence-electron chi connectivity index (χ3n) is 3.35. The fraction of sp³-hybridized carbons (Fsp3) is 0.286. The highest BCUT2D eigenvalue weighted by atomic mass is 35.5. The van der Waals surface area contributed by atoms with Gasteiger partial charge in [-0.05, 0) is 32.0 Å². The number of imidazole rings is 1. The molecule has 0 saturated carbocycles.